The molecule has 0 aliphatic carbocycles. The van der Waals surface area contributed by atoms with E-state index in [1.165, 1.54) is 0 Å². The quantitative estimate of drug-likeness (QED) is 0.644. The van der Waals surface area contributed by atoms with E-state index in [-0.39, 0.29) is 29.9 Å². The molecule has 0 spiro atoms. The van der Waals surface area contributed by atoms with Crippen LogP contribution in [0.15, 0.2) is 12.1 Å². The molecule has 0 atom stereocenters. The van der Waals surface area contributed by atoms with Gasteiger partial charge in [-0.15, -0.1) is 0 Å². The third kappa shape index (κ3) is 2.57. The molecule has 2 aromatic rings. The molecule has 0 N–H and O–H groups in total. The van der Waals surface area contributed by atoms with Crippen molar-refractivity contribution in [1.82, 2.24) is 9.97 Å². The first-order valence-electron chi connectivity index (χ1n) is 5.83. The number of ether oxygens (including phenoxy) is 2. The van der Waals surface area contributed by atoms with Gasteiger partial charge in [0.2, 0.25) is 16.9 Å². The van der Waals surface area contributed by atoms with Crippen molar-refractivity contribution in [1.29, 1.82) is 0 Å². The van der Waals surface area contributed by atoms with Gasteiger partial charge in [0.15, 0.2) is 11.6 Å². The highest BCUT2D eigenvalue weighted by atomic mass is 35.5. The number of hydrogen-bond donors (Lipinski definition) is 0. The van der Waals surface area contributed by atoms with E-state index in [0.717, 1.165) is 12.1 Å². The van der Waals surface area contributed by atoms with Crippen LogP contribution in [0.5, 0.6) is 11.6 Å². The van der Waals surface area contributed by atoms with E-state index >= 15 is 0 Å². The number of nitrogens with zero attached hydrogens (tertiary/aromatic N) is 2. The molecule has 1 aromatic heterocycles. The van der Waals surface area contributed by atoms with Crippen molar-refractivity contribution in [2.45, 2.75) is 13.2 Å². The SMILES string of the molecule is O=Cc1cc(F)c(Oc2nc(Cl)nc3c2COC3)c(F)c1. The molecule has 1 aliphatic heterocycles. The van der Waals surface area contributed by atoms with Gasteiger partial charge in [-0.1, -0.05) is 0 Å². The van der Waals surface area contributed by atoms with Crippen molar-refractivity contribution < 1.29 is 23.0 Å². The van der Waals surface area contributed by atoms with E-state index in [0.29, 0.717) is 17.5 Å². The zero-order valence-electron chi connectivity index (χ0n) is 10.4. The van der Waals surface area contributed by atoms with Crippen molar-refractivity contribution in [3.05, 3.63) is 45.9 Å². The molecule has 1 aliphatic rings. The number of rotatable bonds is 3. The topological polar surface area (TPSA) is 61.3 Å². The highest BCUT2D eigenvalue weighted by Crippen LogP contribution is 2.33. The Labute approximate surface area is 122 Å². The van der Waals surface area contributed by atoms with Crippen LogP contribution in [0.25, 0.3) is 0 Å². The highest BCUT2D eigenvalue weighted by Gasteiger charge is 2.23. The van der Waals surface area contributed by atoms with Crippen LogP contribution in [0.2, 0.25) is 5.28 Å². The molecule has 0 unspecified atom stereocenters. The van der Waals surface area contributed by atoms with Crippen molar-refractivity contribution >= 4 is 17.9 Å². The molecular weight excluding hydrogens is 306 g/mol. The summed E-state index contributed by atoms with van der Waals surface area (Å²) in [6.07, 6.45) is 0.336. The molecule has 3 rings (SSSR count). The van der Waals surface area contributed by atoms with Gasteiger partial charge >= 0.3 is 0 Å². The van der Waals surface area contributed by atoms with Gasteiger partial charge in [0, 0.05) is 5.56 Å². The first-order valence-corrected chi connectivity index (χ1v) is 6.21. The van der Waals surface area contributed by atoms with Crippen LogP contribution in [-0.4, -0.2) is 16.3 Å². The zero-order valence-corrected chi connectivity index (χ0v) is 11.2. The van der Waals surface area contributed by atoms with Crippen LogP contribution >= 0.6 is 11.6 Å². The minimum atomic E-state index is -1.01. The number of hydrogen-bond acceptors (Lipinski definition) is 5. The molecule has 8 heteroatoms. The van der Waals surface area contributed by atoms with E-state index < -0.39 is 17.4 Å². The van der Waals surface area contributed by atoms with Gasteiger partial charge in [-0.2, -0.15) is 4.98 Å². The molecule has 108 valence electrons. The molecule has 0 bridgehead atoms. The molecule has 0 fully saturated rings. The lowest BCUT2D eigenvalue weighted by molar-refractivity contribution is 0.112. The summed E-state index contributed by atoms with van der Waals surface area (Å²) in [6.45, 7) is 0.389. The molecule has 0 radical (unpaired) electrons. The number of benzene rings is 1. The third-order valence-corrected chi connectivity index (χ3v) is 3.04. The Morgan fingerprint density at radius 3 is 2.62 bits per heavy atom. The van der Waals surface area contributed by atoms with Crippen LogP contribution in [-0.2, 0) is 18.0 Å². The Morgan fingerprint density at radius 1 is 1.24 bits per heavy atom. The maximum Gasteiger partial charge on any atom is 0.229 e. The maximum atomic E-state index is 13.8. The summed E-state index contributed by atoms with van der Waals surface area (Å²) in [4.78, 5) is 18.3. The normalized spacial score (nSPS) is 13.1. The lowest BCUT2D eigenvalue weighted by Gasteiger charge is -2.10. The Morgan fingerprint density at radius 2 is 1.95 bits per heavy atom. The molecule has 2 heterocycles. The zero-order chi connectivity index (χ0) is 15.0. The number of aromatic nitrogens is 2. The summed E-state index contributed by atoms with van der Waals surface area (Å²) in [7, 11) is 0. The predicted octanol–water partition coefficient (Wildman–Crippen LogP) is 3.04. The monoisotopic (exact) mass is 312 g/mol. The average Bonchev–Trinajstić information content (AvgIpc) is 2.90. The van der Waals surface area contributed by atoms with Crippen molar-refractivity contribution in [3.8, 4) is 11.6 Å². The van der Waals surface area contributed by atoms with Gasteiger partial charge < -0.3 is 9.47 Å². The van der Waals surface area contributed by atoms with Gasteiger partial charge in [0.05, 0.1) is 24.5 Å². The second-order valence-corrected chi connectivity index (χ2v) is 4.59. The maximum absolute atomic E-state index is 13.8. The standard InChI is InChI=1S/C13H7ClF2N2O3/c14-13-17-10-5-20-4-7(10)12(18-13)21-11-8(15)1-6(3-19)2-9(11)16/h1-3H,4-5H2. The first-order chi connectivity index (χ1) is 10.1. The smallest absolute Gasteiger partial charge is 0.229 e. The second-order valence-electron chi connectivity index (χ2n) is 4.25. The molecular formula is C13H7ClF2N2O3. The van der Waals surface area contributed by atoms with Gasteiger partial charge in [0.1, 0.15) is 6.29 Å². The minimum Gasteiger partial charge on any atom is -0.432 e. The van der Waals surface area contributed by atoms with Crippen molar-refractivity contribution in [3.63, 3.8) is 0 Å². The molecule has 21 heavy (non-hydrogen) atoms. The predicted molar refractivity (Wildman–Crippen MR) is 67.4 cm³/mol. The minimum absolute atomic E-state index is 0.0702. The van der Waals surface area contributed by atoms with Crippen LogP contribution in [0.3, 0.4) is 0 Å². The lowest BCUT2D eigenvalue weighted by atomic mass is 10.2. The Kier molecular flexibility index (Phi) is 3.52. The number of halogens is 3. The number of carbonyl (C=O) groups is 1. The summed E-state index contributed by atoms with van der Waals surface area (Å²) >= 11 is 5.73. The van der Waals surface area contributed by atoms with E-state index in [1.54, 1.807) is 0 Å². The number of fused-ring (bicyclic) bond motifs is 1. The van der Waals surface area contributed by atoms with Gasteiger partial charge in [-0.3, -0.25) is 4.79 Å². The van der Waals surface area contributed by atoms with Gasteiger partial charge in [0.25, 0.3) is 0 Å². The Hall–Kier alpha value is -2.12. The lowest BCUT2D eigenvalue weighted by Crippen LogP contribution is -2.01. The molecule has 1 aromatic carbocycles. The van der Waals surface area contributed by atoms with E-state index in [4.69, 9.17) is 21.1 Å². The summed E-state index contributed by atoms with van der Waals surface area (Å²) in [5.74, 6) is -2.76. The highest BCUT2D eigenvalue weighted by molar-refractivity contribution is 6.28. The van der Waals surface area contributed by atoms with Crippen LogP contribution in [0.4, 0.5) is 8.78 Å². The summed E-state index contributed by atoms with van der Waals surface area (Å²) < 4.78 is 38.0. The molecule has 0 saturated carbocycles. The fourth-order valence-electron chi connectivity index (χ4n) is 1.92. The Bertz CT molecular complexity index is 717. The molecule has 0 saturated heterocycles. The average molecular weight is 313 g/mol. The molecule has 0 amide bonds. The van der Waals surface area contributed by atoms with Gasteiger partial charge in [-0.25, -0.2) is 13.8 Å². The fourth-order valence-corrected chi connectivity index (χ4v) is 2.10. The summed E-state index contributed by atoms with van der Waals surface area (Å²) in [6, 6.07) is 1.73. The summed E-state index contributed by atoms with van der Waals surface area (Å²) in [5.41, 5.74) is 0.861. The number of carbonyl (C=O) groups excluding carboxylic acids is 1. The van der Waals surface area contributed by atoms with E-state index in [9.17, 15) is 13.6 Å². The molecule has 5 nitrogen and oxygen atoms in total. The first kappa shape index (κ1) is 13.8. The van der Waals surface area contributed by atoms with Crippen molar-refractivity contribution in [2.75, 3.05) is 0 Å². The number of aldehydes is 1. The van der Waals surface area contributed by atoms with E-state index in [1.807, 2.05) is 0 Å². The van der Waals surface area contributed by atoms with Crippen LogP contribution < -0.4 is 4.74 Å². The fraction of sp³-hybridized carbons (Fsp3) is 0.154. The third-order valence-electron chi connectivity index (χ3n) is 2.87. The summed E-state index contributed by atoms with van der Waals surface area (Å²) in [5, 5.41) is -0.112. The van der Waals surface area contributed by atoms with E-state index in [2.05, 4.69) is 9.97 Å². The largest absolute Gasteiger partial charge is 0.432 e. The van der Waals surface area contributed by atoms with Crippen LogP contribution in [0, 0.1) is 11.6 Å². The second kappa shape index (κ2) is 5.34. The van der Waals surface area contributed by atoms with Crippen molar-refractivity contribution in [2.24, 2.45) is 0 Å². The van der Waals surface area contributed by atoms with Gasteiger partial charge in [-0.05, 0) is 23.7 Å². The Balaban J connectivity index is 2.04. The van der Waals surface area contributed by atoms with Crippen LogP contribution in [0.1, 0.15) is 21.6 Å².